The van der Waals surface area contributed by atoms with Crippen LogP contribution in [0, 0.1) is 17.1 Å². The number of nitriles is 1. The largest absolute Gasteiger partial charge is 0.508 e. The maximum atomic E-state index is 14.8. The monoisotopic (exact) mass is 612 g/mol. The second-order valence-electron chi connectivity index (χ2n) is 12.0. The van der Waals surface area contributed by atoms with Crippen molar-refractivity contribution >= 4 is 34.4 Å². The minimum atomic E-state index is -1.44. The lowest BCUT2D eigenvalue weighted by Crippen LogP contribution is -2.48. The first-order valence-electron chi connectivity index (χ1n) is 14.3. The molecule has 4 aromatic rings. The maximum Gasteiger partial charge on any atom is 0.408 e. The van der Waals surface area contributed by atoms with Crippen molar-refractivity contribution in [2.45, 2.75) is 57.8 Å². The smallest absolute Gasteiger partial charge is 0.408 e. The van der Waals surface area contributed by atoms with Gasteiger partial charge in [0.15, 0.2) is 0 Å². The Morgan fingerprint density at radius 1 is 1.16 bits per heavy atom. The van der Waals surface area contributed by atoms with E-state index in [1.807, 2.05) is 12.1 Å². The molecule has 45 heavy (non-hydrogen) atoms. The summed E-state index contributed by atoms with van der Waals surface area (Å²) in [6, 6.07) is 15.4. The zero-order chi connectivity index (χ0) is 32.5. The first-order chi connectivity index (χ1) is 21.3. The molecule has 232 valence electrons. The van der Waals surface area contributed by atoms with Gasteiger partial charge in [-0.05, 0) is 75.4 Å². The van der Waals surface area contributed by atoms with Gasteiger partial charge in [0.25, 0.3) is 0 Å². The van der Waals surface area contributed by atoms with Crippen molar-refractivity contribution in [3.63, 3.8) is 0 Å². The number of fused-ring (bicyclic) bond motifs is 1. The van der Waals surface area contributed by atoms with Gasteiger partial charge in [-0.1, -0.05) is 24.3 Å². The van der Waals surface area contributed by atoms with Crippen molar-refractivity contribution in [1.82, 2.24) is 20.2 Å². The van der Waals surface area contributed by atoms with E-state index in [0.717, 1.165) is 16.8 Å². The summed E-state index contributed by atoms with van der Waals surface area (Å²) in [6.45, 7) is 6.84. The van der Waals surface area contributed by atoms with Gasteiger partial charge in [-0.2, -0.15) is 5.26 Å². The highest BCUT2D eigenvalue weighted by Crippen LogP contribution is 2.33. The second kappa shape index (κ2) is 11.9. The Hall–Kier alpha value is -5.44. The third-order valence-electron chi connectivity index (χ3n) is 7.63. The molecule has 2 heterocycles. The van der Waals surface area contributed by atoms with E-state index in [0.29, 0.717) is 24.3 Å². The first kappa shape index (κ1) is 31.0. The number of aromatic hydroxyl groups is 1. The fraction of sp³-hybridized carbons (Fsp3) is 0.303. The lowest BCUT2D eigenvalue weighted by Gasteiger charge is -2.33. The summed E-state index contributed by atoms with van der Waals surface area (Å²) >= 11 is 0. The van der Waals surface area contributed by atoms with Crippen LogP contribution in [0.1, 0.15) is 50.9 Å². The minimum Gasteiger partial charge on any atom is -0.508 e. The average molecular weight is 613 g/mol. The number of aromatic nitrogens is 2. The molecule has 1 aromatic heterocycles. The SMILES string of the molecule is CC(C)(C)OC(=O)NC(C)(c1ccc(C#N)c(F)c1)c1cncn1CC(=O)NC1CCN(c2cccc3ccc(O)cc23)C1=O. The Balaban J connectivity index is 1.37. The van der Waals surface area contributed by atoms with Crippen LogP contribution in [0.25, 0.3) is 10.8 Å². The van der Waals surface area contributed by atoms with Crippen LogP contribution in [-0.4, -0.2) is 50.8 Å². The summed E-state index contributed by atoms with van der Waals surface area (Å²) in [4.78, 5) is 45.5. The molecule has 2 atom stereocenters. The average Bonchev–Trinajstić information content (AvgIpc) is 3.58. The zero-order valence-electron chi connectivity index (χ0n) is 25.3. The van der Waals surface area contributed by atoms with Gasteiger partial charge in [-0.25, -0.2) is 14.2 Å². The quantitative estimate of drug-likeness (QED) is 0.279. The Morgan fingerprint density at radius 2 is 1.93 bits per heavy atom. The molecule has 0 spiro atoms. The molecule has 0 bridgehead atoms. The number of nitrogens with zero attached hydrogens (tertiary/aromatic N) is 4. The predicted octanol–water partition coefficient (Wildman–Crippen LogP) is 4.46. The predicted molar refractivity (Wildman–Crippen MR) is 164 cm³/mol. The van der Waals surface area contributed by atoms with Crippen molar-refractivity contribution in [3.05, 3.63) is 89.8 Å². The fourth-order valence-electron chi connectivity index (χ4n) is 5.50. The van der Waals surface area contributed by atoms with Crippen LogP contribution in [0.4, 0.5) is 14.9 Å². The molecule has 0 saturated carbocycles. The molecular formula is C33H33FN6O5. The molecule has 0 aliphatic carbocycles. The molecule has 3 aromatic carbocycles. The topological polar surface area (TPSA) is 150 Å². The van der Waals surface area contributed by atoms with Crippen molar-refractivity contribution in [3.8, 4) is 11.8 Å². The zero-order valence-corrected chi connectivity index (χ0v) is 25.3. The molecule has 12 heteroatoms. The van der Waals surface area contributed by atoms with E-state index in [-0.39, 0.29) is 29.3 Å². The van der Waals surface area contributed by atoms with E-state index >= 15 is 0 Å². The van der Waals surface area contributed by atoms with Crippen LogP contribution in [0.5, 0.6) is 5.75 Å². The fourth-order valence-corrected chi connectivity index (χ4v) is 5.50. The van der Waals surface area contributed by atoms with Crippen LogP contribution in [0.2, 0.25) is 0 Å². The number of anilines is 1. The molecule has 1 saturated heterocycles. The Labute approximate surface area is 259 Å². The van der Waals surface area contributed by atoms with Crippen LogP contribution in [0.3, 0.4) is 0 Å². The van der Waals surface area contributed by atoms with E-state index in [1.54, 1.807) is 62.9 Å². The second-order valence-corrected chi connectivity index (χ2v) is 12.0. The van der Waals surface area contributed by atoms with Gasteiger partial charge < -0.3 is 29.9 Å². The van der Waals surface area contributed by atoms with Crippen molar-refractivity contribution < 1.29 is 28.6 Å². The van der Waals surface area contributed by atoms with Crippen molar-refractivity contribution in [1.29, 1.82) is 5.26 Å². The van der Waals surface area contributed by atoms with Gasteiger partial charge >= 0.3 is 6.09 Å². The molecular weight excluding hydrogens is 579 g/mol. The summed E-state index contributed by atoms with van der Waals surface area (Å²) in [5.41, 5.74) is -1.16. The van der Waals surface area contributed by atoms with E-state index in [9.17, 15) is 29.1 Å². The highest BCUT2D eigenvalue weighted by molar-refractivity contribution is 6.08. The number of alkyl carbamates (subject to hydrolysis) is 1. The number of halogens is 1. The molecule has 3 amide bonds. The van der Waals surface area contributed by atoms with Gasteiger partial charge in [0, 0.05) is 11.9 Å². The number of nitrogens with one attached hydrogen (secondary N) is 2. The number of hydrogen-bond acceptors (Lipinski definition) is 7. The van der Waals surface area contributed by atoms with Crippen LogP contribution >= 0.6 is 0 Å². The maximum absolute atomic E-state index is 14.8. The van der Waals surface area contributed by atoms with Crippen molar-refractivity contribution in [2.75, 3.05) is 11.4 Å². The van der Waals surface area contributed by atoms with Gasteiger partial charge in [0.1, 0.15) is 41.4 Å². The number of rotatable bonds is 7. The number of ether oxygens (including phenoxy) is 1. The lowest BCUT2D eigenvalue weighted by atomic mass is 9.88. The molecule has 2 unspecified atom stereocenters. The van der Waals surface area contributed by atoms with Gasteiger partial charge in [-0.15, -0.1) is 0 Å². The summed E-state index contributed by atoms with van der Waals surface area (Å²) in [7, 11) is 0. The van der Waals surface area contributed by atoms with Gasteiger partial charge in [0.05, 0.1) is 29.5 Å². The molecule has 3 N–H and O–H groups in total. The number of benzene rings is 3. The summed E-state index contributed by atoms with van der Waals surface area (Å²) in [5, 5.41) is 26.4. The number of amides is 3. The van der Waals surface area contributed by atoms with Crippen LogP contribution in [-0.2, 0) is 26.4 Å². The number of hydrogen-bond donors (Lipinski definition) is 3. The van der Waals surface area contributed by atoms with Crippen LogP contribution < -0.4 is 15.5 Å². The molecule has 0 radical (unpaired) electrons. The highest BCUT2D eigenvalue weighted by Gasteiger charge is 2.38. The number of phenolic OH excluding ortho intramolecular Hbond substituents is 1. The number of imidazole rings is 1. The number of carbonyl (C=O) groups is 3. The number of carbonyl (C=O) groups excluding carboxylic acids is 3. The van der Waals surface area contributed by atoms with E-state index in [2.05, 4.69) is 15.6 Å². The summed E-state index contributed by atoms with van der Waals surface area (Å²) < 4.78 is 21.7. The first-order valence-corrected chi connectivity index (χ1v) is 14.3. The summed E-state index contributed by atoms with van der Waals surface area (Å²) in [5.74, 6) is -1.45. The van der Waals surface area contributed by atoms with E-state index in [1.165, 1.54) is 29.2 Å². The lowest BCUT2D eigenvalue weighted by molar-refractivity contribution is -0.126. The standard InChI is InChI=1S/C33H33FN6O5/c1-32(2,3)45-31(44)38-33(4,22-10-8-21(16-35)25(34)14-22)28-17-36-19-39(28)18-29(42)37-26-12-13-40(30(26)43)27-7-5-6-20-9-11-23(41)15-24(20)27/h5-11,14-15,17,19,26,41H,12-13,18H2,1-4H3,(H,37,42)(H,38,44). The number of phenols is 1. The minimum absolute atomic E-state index is 0.0829. The van der Waals surface area contributed by atoms with Gasteiger partial charge in [0.2, 0.25) is 11.8 Å². The Bertz CT molecular complexity index is 1840. The third kappa shape index (κ3) is 6.43. The molecule has 11 nitrogen and oxygen atoms in total. The molecule has 1 aliphatic heterocycles. The molecule has 1 fully saturated rings. The third-order valence-corrected chi connectivity index (χ3v) is 7.63. The van der Waals surface area contributed by atoms with Gasteiger partial charge in [-0.3, -0.25) is 9.59 Å². The Morgan fingerprint density at radius 3 is 2.64 bits per heavy atom. The highest BCUT2D eigenvalue weighted by atomic mass is 19.1. The van der Waals surface area contributed by atoms with E-state index < -0.39 is 35.0 Å². The van der Waals surface area contributed by atoms with E-state index in [4.69, 9.17) is 4.74 Å². The molecule has 5 rings (SSSR count). The molecule has 1 aliphatic rings. The Kier molecular flexibility index (Phi) is 8.21. The van der Waals surface area contributed by atoms with Crippen molar-refractivity contribution in [2.24, 2.45) is 0 Å². The summed E-state index contributed by atoms with van der Waals surface area (Å²) in [6.07, 6.45) is 2.43. The van der Waals surface area contributed by atoms with Crippen LogP contribution in [0.15, 0.2) is 67.1 Å². The normalized spacial score (nSPS) is 16.2.